The van der Waals surface area contributed by atoms with E-state index < -0.39 is 25.9 Å². The number of aryl methyl sites for hydroxylation is 1. The summed E-state index contributed by atoms with van der Waals surface area (Å²) in [4.78, 5) is -0.543. The predicted molar refractivity (Wildman–Crippen MR) is 83.0 cm³/mol. The average Bonchev–Trinajstić information content (AvgIpc) is 2.48. The van der Waals surface area contributed by atoms with E-state index in [1.807, 2.05) is 0 Å². The van der Waals surface area contributed by atoms with Gasteiger partial charge in [-0.2, -0.15) is 0 Å². The summed E-state index contributed by atoms with van der Waals surface area (Å²) in [5.74, 6) is -0.432. The zero-order valence-corrected chi connectivity index (χ0v) is 13.8. The largest absolute Gasteiger partial charge is 0.240 e. The molecule has 0 atom stereocenters. The third kappa shape index (κ3) is 4.35. The molecule has 0 aliphatic carbocycles. The Morgan fingerprint density at radius 3 is 2.30 bits per heavy atom. The summed E-state index contributed by atoms with van der Waals surface area (Å²) in [6.45, 7) is 1.47. The minimum Gasteiger partial charge on any atom is -0.225 e. The number of benzene rings is 2. The highest BCUT2D eigenvalue weighted by Gasteiger charge is 2.17. The molecule has 0 radical (unpaired) electrons. The topological polar surface area (TPSA) is 106 Å². The van der Waals surface area contributed by atoms with E-state index in [-0.39, 0.29) is 16.3 Å². The Bertz CT molecular complexity index is 941. The second kappa shape index (κ2) is 6.36. The van der Waals surface area contributed by atoms with E-state index in [0.29, 0.717) is 11.1 Å². The van der Waals surface area contributed by atoms with Gasteiger partial charge in [-0.1, -0.05) is 18.2 Å². The molecular weight excluding hydrogens is 343 g/mol. The first-order valence-electron chi connectivity index (χ1n) is 6.47. The van der Waals surface area contributed by atoms with Gasteiger partial charge in [0.2, 0.25) is 20.0 Å². The molecule has 6 nitrogen and oxygen atoms in total. The fourth-order valence-corrected chi connectivity index (χ4v) is 3.52. The van der Waals surface area contributed by atoms with Gasteiger partial charge in [-0.15, -0.1) is 0 Å². The number of primary sulfonamides is 1. The van der Waals surface area contributed by atoms with Gasteiger partial charge < -0.3 is 0 Å². The van der Waals surface area contributed by atoms with Crippen molar-refractivity contribution in [2.75, 3.05) is 0 Å². The summed E-state index contributed by atoms with van der Waals surface area (Å²) in [5.41, 5.74) is 0.900. The molecule has 9 heteroatoms. The highest BCUT2D eigenvalue weighted by Crippen LogP contribution is 2.15. The van der Waals surface area contributed by atoms with Crippen molar-refractivity contribution in [3.05, 3.63) is 59.4 Å². The standard InChI is InChI=1S/C14H15FN2O4S2/c1-10-5-6-11(7-14(10)15)9-17-23(20,21)13-4-2-3-12(8-13)22(16,18)19/h2-8,17H,9H2,1H3,(H2,16,18,19). The van der Waals surface area contributed by atoms with Crippen LogP contribution in [0.1, 0.15) is 11.1 Å². The molecule has 0 bridgehead atoms. The van der Waals surface area contributed by atoms with E-state index in [4.69, 9.17) is 5.14 Å². The number of halogens is 1. The van der Waals surface area contributed by atoms with Crippen LogP contribution >= 0.6 is 0 Å². The number of hydrogen-bond acceptors (Lipinski definition) is 4. The lowest BCUT2D eigenvalue weighted by Gasteiger charge is -2.08. The highest BCUT2D eigenvalue weighted by atomic mass is 32.2. The number of nitrogens with two attached hydrogens (primary N) is 1. The molecule has 23 heavy (non-hydrogen) atoms. The van der Waals surface area contributed by atoms with Gasteiger partial charge in [0.15, 0.2) is 0 Å². The van der Waals surface area contributed by atoms with Crippen LogP contribution in [0.15, 0.2) is 52.3 Å². The third-order valence-electron chi connectivity index (χ3n) is 3.15. The lowest BCUT2D eigenvalue weighted by molar-refractivity contribution is 0.579. The van der Waals surface area contributed by atoms with Gasteiger partial charge in [0, 0.05) is 6.54 Å². The highest BCUT2D eigenvalue weighted by molar-refractivity contribution is 7.90. The van der Waals surface area contributed by atoms with Crippen molar-refractivity contribution in [1.29, 1.82) is 0 Å². The number of hydrogen-bond donors (Lipinski definition) is 2. The number of nitrogens with one attached hydrogen (secondary N) is 1. The molecule has 0 heterocycles. The van der Waals surface area contributed by atoms with Crippen molar-refractivity contribution >= 4 is 20.0 Å². The monoisotopic (exact) mass is 358 g/mol. The Balaban J connectivity index is 2.24. The molecule has 0 saturated heterocycles. The quantitative estimate of drug-likeness (QED) is 0.839. The van der Waals surface area contributed by atoms with Crippen molar-refractivity contribution in [3.8, 4) is 0 Å². The molecule has 0 spiro atoms. The van der Waals surface area contributed by atoms with E-state index in [2.05, 4.69) is 4.72 Å². The molecule has 0 aliphatic rings. The van der Waals surface area contributed by atoms with Crippen LogP contribution < -0.4 is 9.86 Å². The molecule has 2 aromatic rings. The van der Waals surface area contributed by atoms with E-state index in [9.17, 15) is 21.2 Å². The van der Waals surface area contributed by atoms with E-state index in [1.165, 1.54) is 24.3 Å². The molecule has 0 fully saturated rings. The predicted octanol–water partition coefficient (Wildman–Crippen LogP) is 1.26. The molecule has 0 aliphatic heterocycles. The molecule has 0 unspecified atom stereocenters. The first kappa shape index (κ1) is 17.5. The Morgan fingerprint density at radius 2 is 1.70 bits per heavy atom. The molecule has 0 aromatic heterocycles. The summed E-state index contributed by atoms with van der Waals surface area (Å²) in [5, 5.41) is 4.98. The van der Waals surface area contributed by atoms with Crippen LogP contribution in [0.5, 0.6) is 0 Å². The summed E-state index contributed by atoms with van der Waals surface area (Å²) >= 11 is 0. The summed E-state index contributed by atoms with van der Waals surface area (Å²) in [7, 11) is -7.96. The van der Waals surface area contributed by atoms with Crippen molar-refractivity contribution < 1.29 is 21.2 Å². The SMILES string of the molecule is Cc1ccc(CNS(=O)(=O)c2cccc(S(N)(=O)=O)c2)cc1F. The number of rotatable bonds is 5. The average molecular weight is 358 g/mol. The van der Waals surface area contributed by atoms with Crippen molar-refractivity contribution in [2.45, 2.75) is 23.3 Å². The van der Waals surface area contributed by atoms with Gasteiger partial charge in [0.25, 0.3) is 0 Å². The molecule has 0 amide bonds. The first-order valence-corrected chi connectivity index (χ1v) is 9.50. The summed E-state index contributed by atoms with van der Waals surface area (Å²) < 4.78 is 62.7. The maximum absolute atomic E-state index is 13.4. The van der Waals surface area contributed by atoms with Crippen LogP contribution in [0.25, 0.3) is 0 Å². The minimum atomic E-state index is -4.00. The van der Waals surface area contributed by atoms with Gasteiger partial charge in [-0.25, -0.2) is 31.1 Å². The molecule has 3 N–H and O–H groups in total. The lowest BCUT2D eigenvalue weighted by atomic mass is 10.1. The Hall–Kier alpha value is -1.81. The fourth-order valence-electron chi connectivity index (χ4n) is 1.83. The second-order valence-electron chi connectivity index (χ2n) is 4.93. The normalized spacial score (nSPS) is 12.3. The Labute approximate surface area is 134 Å². The first-order chi connectivity index (χ1) is 10.6. The molecule has 2 rings (SSSR count). The van der Waals surface area contributed by atoms with Crippen LogP contribution in [0.4, 0.5) is 4.39 Å². The molecule has 2 aromatic carbocycles. The van der Waals surface area contributed by atoms with Gasteiger partial charge in [-0.3, -0.25) is 0 Å². The number of sulfonamides is 2. The summed E-state index contributed by atoms with van der Waals surface area (Å²) in [6, 6.07) is 9.06. The van der Waals surface area contributed by atoms with E-state index in [1.54, 1.807) is 19.1 Å². The summed E-state index contributed by atoms with van der Waals surface area (Å²) in [6.07, 6.45) is 0. The maximum Gasteiger partial charge on any atom is 0.240 e. The van der Waals surface area contributed by atoms with Crippen LogP contribution in [0, 0.1) is 12.7 Å². The van der Waals surface area contributed by atoms with Gasteiger partial charge in [0.05, 0.1) is 9.79 Å². The van der Waals surface area contributed by atoms with Crippen LogP contribution in [-0.4, -0.2) is 16.8 Å². The zero-order chi connectivity index (χ0) is 17.3. The fraction of sp³-hybridized carbons (Fsp3) is 0.143. The maximum atomic E-state index is 13.4. The van der Waals surface area contributed by atoms with Crippen LogP contribution in [0.2, 0.25) is 0 Å². The lowest BCUT2D eigenvalue weighted by Crippen LogP contribution is -2.24. The van der Waals surface area contributed by atoms with Gasteiger partial charge in [0.1, 0.15) is 5.82 Å². The van der Waals surface area contributed by atoms with Crippen molar-refractivity contribution in [2.24, 2.45) is 5.14 Å². The van der Waals surface area contributed by atoms with Crippen LogP contribution in [0.3, 0.4) is 0 Å². The minimum absolute atomic E-state index is 0.126. The van der Waals surface area contributed by atoms with Gasteiger partial charge >= 0.3 is 0 Å². The van der Waals surface area contributed by atoms with Gasteiger partial charge in [-0.05, 0) is 42.3 Å². The molecule has 124 valence electrons. The van der Waals surface area contributed by atoms with Crippen molar-refractivity contribution in [3.63, 3.8) is 0 Å². The Kier molecular flexibility index (Phi) is 4.85. The molecular formula is C14H15FN2O4S2. The zero-order valence-electron chi connectivity index (χ0n) is 12.2. The van der Waals surface area contributed by atoms with Crippen molar-refractivity contribution in [1.82, 2.24) is 4.72 Å². The molecule has 0 saturated carbocycles. The smallest absolute Gasteiger partial charge is 0.225 e. The Morgan fingerprint density at radius 1 is 1.04 bits per heavy atom. The second-order valence-corrected chi connectivity index (χ2v) is 8.26. The van der Waals surface area contributed by atoms with E-state index >= 15 is 0 Å². The van der Waals surface area contributed by atoms with E-state index in [0.717, 1.165) is 6.07 Å². The third-order valence-corrected chi connectivity index (χ3v) is 5.46. The van der Waals surface area contributed by atoms with Crippen LogP contribution in [-0.2, 0) is 26.6 Å².